The monoisotopic (exact) mass is 164 g/mol. The zero-order valence-electron chi connectivity index (χ0n) is 8.02. The molecule has 0 aromatic carbocycles. The van der Waals surface area contributed by atoms with Crippen molar-refractivity contribution in [1.29, 1.82) is 0 Å². The van der Waals surface area contributed by atoms with Gasteiger partial charge in [0.25, 0.3) is 0 Å². The Labute approximate surface area is 76.4 Å². The van der Waals surface area contributed by atoms with Crippen LogP contribution in [0.5, 0.6) is 0 Å². The van der Waals surface area contributed by atoms with Gasteiger partial charge in [-0.15, -0.1) is 0 Å². The molecule has 12 heavy (non-hydrogen) atoms. The molecular weight excluding hydrogens is 144 g/mol. The molecule has 0 radical (unpaired) electrons. The molecule has 0 saturated carbocycles. The van der Waals surface area contributed by atoms with E-state index in [-0.39, 0.29) is 0 Å². The molecule has 1 aliphatic rings. The summed E-state index contributed by atoms with van der Waals surface area (Å²) in [5.74, 6) is 0. The van der Waals surface area contributed by atoms with E-state index in [2.05, 4.69) is 12.7 Å². The van der Waals surface area contributed by atoms with Gasteiger partial charge in [-0.1, -0.05) is 50.0 Å². The smallest absolute Gasteiger partial charge is 0.0282 e. The van der Waals surface area contributed by atoms with E-state index in [9.17, 15) is 0 Å². The summed E-state index contributed by atoms with van der Waals surface area (Å²) < 4.78 is 0. The largest absolute Gasteiger partial charge is 0.0988 e. The van der Waals surface area contributed by atoms with Crippen molar-refractivity contribution < 1.29 is 0 Å². The van der Waals surface area contributed by atoms with E-state index in [0.717, 1.165) is 0 Å². The average Bonchev–Trinajstić information content (AvgIpc) is 2.14. The molecule has 0 aromatic rings. The molecule has 0 aliphatic heterocycles. The topological polar surface area (TPSA) is 0 Å². The van der Waals surface area contributed by atoms with Crippen molar-refractivity contribution in [3.63, 3.8) is 0 Å². The highest BCUT2D eigenvalue weighted by atomic mass is 14.0. The van der Waals surface area contributed by atoms with Gasteiger partial charge in [0.2, 0.25) is 0 Å². The fraction of sp³-hybridized carbons (Fsp3) is 0.667. The molecule has 0 N–H and O–H groups in total. The highest BCUT2D eigenvalue weighted by Gasteiger charge is 1.97. The van der Waals surface area contributed by atoms with Crippen LogP contribution >= 0.6 is 0 Å². The van der Waals surface area contributed by atoms with E-state index in [1.807, 2.05) is 6.08 Å². The van der Waals surface area contributed by atoms with Gasteiger partial charge in [0, 0.05) is 0 Å². The summed E-state index contributed by atoms with van der Waals surface area (Å²) in [6, 6.07) is 0. The number of hydrogen-bond acceptors (Lipinski definition) is 0. The van der Waals surface area contributed by atoms with Crippen molar-refractivity contribution in [2.75, 3.05) is 0 Å². The van der Waals surface area contributed by atoms with Gasteiger partial charge in [0.1, 0.15) is 0 Å². The lowest BCUT2D eigenvalue weighted by Gasteiger charge is -2.06. The van der Waals surface area contributed by atoms with Crippen LogP contribution in [0, 0.1) is 0 Å². The molecule has 0 bridgehead atoms. The molecule has 1 rings (SSSR count). The van der Waals surface area contributed by atoms with E-state index in [0.29, 0.717) is 0 Å². The predicted molar refractivity (Wildman–Crippen MR) is 55.2 cm³/mol. The molecule has 0 nitrogen and oxygen atoms in total. The van der Waals surface area contributed by atoms with Crippen LogP contribution in [0.1, 0.15) is 51.4 Å². The summed E-state index contributed by atoms with van der Waals surface area (Å²) in [4.78, 5) is 0. The molecule has 0 saturated heterocycles. The summed E-state index contributed by atoms with van der Waals surface area (Å²) in [5, 5.41) is 0. The van der Waals surface area contributed by atoms with Gasteiger partial charge in [-0.3, -0.25) is 0 Å². The zero-order chi connectivity index (χ0) is 8.65. The van der Waals surface area contributed by atoms with Gasteiger partial charge in [0.15, 0.2) is 0 Å². The van der Waals surface area contributed by atoms with Gasteiger partial charge < -0.3 is 0 Å². The average molecular weight is 164 g/mol. The molecule has 68 valence electrons. The van der Waals surface area contributed by atoms with E-state index >= 15 is 0 Å². The fourth-order valence-corrected chi connectivity index (χ4v) is 1.76. The Hall–Kier alpha value is -0.520. The van der Waals surface area contributed by atoms with Crippen LogP contribution < -0.4 is 0 Å². The van der Waals surface area contributed by atoms with E-state index in [1.165, 1.54) is 56.9 Å². The summed E-state index contributed by atoms with van der Waals surface area (Å²) in [6.45, 7) is 3.84. The Morgan fingerprint density at radius 3 is 2.42 bits per heavy atom. The van der Waals surface area contributed by atoms with Crippen LogP contribution in [-0.4, -0.2) is 0 Å². The molecule has 0 spiro atoms. The van der Waals surface area contributed by atoms with Crippen molar-refractivity contribution in [3.05, 3.63) is 24.3 Å². The highest BCUT2D eigenvalue weighted by Crippen LogP contribution is 2.16. The molecule has 0 aromatic heterocycles. The van der Waals surface area contributed by atoms with E-state index < -0.39 is 0 Å². The van der Waals surface area contributed by atoms with Crippen molar-refractivity contribution in [2.45, 2.75) is 51.4 Å². The van der Waals surface area contributed by atoms with E-state index in [1.54, 1.807) is 0 Å². The second kappa shape index (κ2) is 6.05. The summed E-state index contributed by atoms with van der Waals surface area (Å²) in [7, 11) is 0. The second-order valence-corrected chi connectivity index (χ2v) is 3.64. The van der Waals surface area contributed by atoms with Crippen LogP contribution in [0.25, 0.3) is 0 Å². The van der Waals surface area contributed by atoms with Crippen molar-refractivity contribution in [1.82, 2.24) is 0 Å². The summed E-state index contributed by atoms with van der Waals surface area (Å²) in [5.41, 5.74) is 1.47. The maximum Gasteiger partial charge on any atom is -0.0282 e. The Bertz CT molecular complexity index is 153. The number of rotatable bonds is 1. The third kappa shape index (κ3) is 3.75. The van der Waals surface area contributed by atoms with Gasteiger partial charge in [0.05, 0.1) is 0 Å². The van der Waals surface area contributed by atoms with Crippen LogP contribution in [0.4, 0.5) is 0 Å². The standard InChI is InChI=1S/C12H20/c1-2-12-10-8-6-4-3-5-7-9-11-12/h2,10H,1,3-9,11H2. The molecule has 0 amide bonds. The van der Waals surface area contributed by atoms with E-state index in [4.69, 9.17) is 0 Å². The molecule has 0 unspecified atom stereocenters. The minimum absolute atomic E-state index is 1.25. The molecule has 0 fully saturated rings. The minimum Gasteiger partial charge on any atom is -0.0988 e. The summed E-state index contributed by atoms with van der Waals surface area (Å²) in [6.07, 6.45) is 15.4. The minimum atomic E-state index is 1.25. The fourth-order valence-electron chi connectivity index (χ4n) is 1.76. The number of allylic oxidation sites excluding steroid dienone is 3. The molecular formula is C12H20. The van der Waals surface area contributed by atoms with Crippen molar-refractivity contribution in [3.8, 4) is 0 Å². The van der Waals surface area contributed by atoms with Gasteiger partial charge in [-0.2, -0.15) is 0 Å². The van der Waals surface area contributed by atoms with Crippen LogP contribution in [0.3, 0.4) is 0 Å². The Kier molecular flexibility index (Phi) is 4.82. The Morgan fingerprint density at radius 2 is 1.67 bits per heavy atom. The molecule has 0 heterocycles. The summed E-state index contributed by atoms with van der Waals surface area (Å²) >= 11 is 0. The van der Waals surface area contributed by atoms with Crippen molar-refractivity contribution in [2.24, 2.45) is 0 Å². The van der Waals surface area contributed by atoms with Gasteiger partial charge >= 0.3 is 0 Å². The first-order valence-corrected chi connectivity index (χ1v) is 5.25. The lowest BCUT2D eigenvalue weighted by atomic mass is 10.0. The first-order valence-electron chi connectivity index (χ1n) is 5.25. The van der Waals surface area contributed by atoms with Gasteiger partial charge in [-0.05, 0) is 25.7 Å². The normalized spacial score (nSPS) is 21.2. The van der Waals surface area contributed by atoms with Crippen molar-refractivity contribution >= 4 is 0 Å². The lowest BCUT2D eigenvalue weighted by Crippen LogP contribution is -1.86. The second-order valence-electron chi connectivity index (χ2n) is 3.64. The van der Waals surface area contributed by atoms with Crippen LogP contribution in [0.2, 0.25) is 0 Å². The maximum absolute atomic E-state index is 3.84. The zero-order valence-corrected chi connectivity index (χ0v) is 8.02. The highest BCUT2D eigenvalue weighted by molar-refractivity contribution is 5.15. The lowest BCUT2D eigenvalue weighted by molar-refractivity contribution is 0.588. The Balaban J connectivity index is 2.37. The Morgan fingerprint density at radius 1 is 1.00 bits per heavy atom. The molecule has 0 heteroatoms. The third-order valence-corrected chi connectivity index (χ3v) is 2.59. The predicted octanol–water partition coefficient (Wildman–Crippen LogP) is 4.23. The third-order valence-electron chi connectivity index (χ3n) is 2.59. The molecule has 0 atom stereocenters. The first kappa shape index (κ1) is 9.57. The van der Waals surface area contributed by atoms with Crippen LogP contribution in [-0.2, 0) is 0 Å². The molecule has 1 aliphatic carbocycles. The maximum atomic E-state index is 3.84. The van der Waals surface area contributed by atoms with Crippen LogP contribution in [0.15, 0.2) is 24.3 Å². The SMILES string of the molecule is C=CC1=CCCCCCCCC1. The quantitative estimate of drug-likeness (QED) is 0.544. The number of hydrogen-bond donors (Lipinski definition) is 0. The first-order chi connectivity index (χ1) is 5.93. The van der Waals surface area contributed by atoms with Gasteiger partial charge in [-0.25, -0.2) is 0 Å².